The second-order valence-electron chi connectivity index (χ2n) is 9.04. The second kappa shape index (κ2) is 17.4. The standard InChI is InChI=1S/C17H17NO3.C9H11NO2.C8H8O2/c1-3-21-17(20)13-8-6-9-14(11-13)18-16(19)15-10-5-4-7-12(15)2;1-2-12-9(11)7-4-3-5-8(10)6-7;1-6-4-2-3-5-7(6)8(9)10/h4-11H,3H2,1-2H3,(H,18,19);3-6H,2,10H2,1H3;2-5H,1H3,(H,9,10). The van der Waals surface area contributed by atoms with Gasteiger partial charge in [0.15, 0.2) is 0 Å². The van der Waals surface area contributed by atoms with Crippen LogP contribution in [-0.4, -0.2) is 42.1 Å². The fraction of sp³-hybridized carbons (Fsp3) is 0.176. The minimum atomic E-state index is -0.863. The Labute approximate surface area is 251 Å². The highest BCUT2D eigenvalue weighted by Crippen LogP contribution is 2.15. The molecule has 0 saturated heterocycles. The van der Waals surface area contributed by atoms with Crippen LogP contribution >= 0.6 is 0 Å². The number of nitrogens with one attached hydrogen (secondary N) is 1. The first kappa shape index (κ1) is 33.8. The van der Waals surface area contributed by atoms with Crippen molar-refractivity contribution in [2.24, 2.45) is 0 Å². The molecular formula is C34H36N2O7. The lowest BCUT2D eigenvalue weighted by molar-refractivity contribution is 0.0517. The molecule has 0 atom stereocenters. The van der Waals surface area contributed by atoms with Crippen molar-refractivity contribution < 1.29 is 33.8 Å². The molecule has 4 aromatic rings. The fourth-order valence-electron chi connectivity index (χ4n) is 3.66. The number of ether oxygens (including phenoxy) is 2. The summed E-state index contributed by atoms with van der Waals surface area (Å²) in [5.41, 5.74) is 10.2. The summed E-state index contributed by atoms with van der Waals surface area (Å²) < 4.78 is 9.73. The summed E-state index contributed by atoms with van der Waals surface area (Å²) >= 11 is 0. The third kappa shape index (κ3) is 11.2. The number of nitrogens with two attached hydrogens (primary N) is 1. The minimum Gasteiger partial charge on any atom is -0.478 e. The molecule has 0 aliphatic rings. The first-order valence-electron chi connectivity index (χ1n) is 13.5. The SMILES string of the molecule is CCOC(=O)c1cccc(N)c1.CCOC(=O)c1cccc(NC(=O)c2ccccc2C)c1.Cc1ccccc1C(=O)O. The molecule has 0 aliphatic heterocycles. The van der Waals surface area contributed by atoms with Crippen molar-refractivity contribution in [3.8, 4) is 0 Å². The van der Waals surface area contributed by atoms with Gasteiger partial charge >= 0.3 is 17.9 Å². The summed E-state index contributed by atoms with van der Waals surface area (Å²) in [5.74, 6) is -1.79. The molecule has 9 heteroatoms. The maximum Gasteiger partial charge on any atom is 0.338 e. The average molecular weight is 585 g/mol. The van der Waals surface area contributed by atoms with Gasteiger partial charge in [-0.3, -0.25) is 4.79 Å². The molecular weight excluding hydrogens is 548 g/mol. The largest absolute Gasteiger partial charge is 0.478 e. The van der Waals surface area contributed by atoms with E-state index >= 15 is 0 Å². The Morgan fingerprint density at radius 2 is 1.16 bits per heavy atom. The van der Waals surface area contributed by atoms with Gasteiger partial charge in [0, 0.05) is 16.9 Å². The van der Waals surface area contributed by atoms with Crippen molar-refractivity contribution >= 4 is 35.2 Å². The zero-order valence-corrected chi connectivity index (χ0v) is 24.6. The smallest absolute Gasteiger partial charge is 0.338 e. The van der Waals surface area contributed by atoms with E-state index in [1.54, 1.807) is 93.6 Å². The van der Waals surface area contributed by atoms with Gasteiger partial charge in [-0.25, -0.2) is 14.4 Å². The molecule has 43 heavy (non-hydrogen) atoms. The first-order chi connectivity index (χ1) is 20.6. The van der Waals surface area contributed by atoms with Gasteiger partial charge in [0.25, 0.3) is 5.91 Å². The van der Waals surface area contributed by atoms with Crippen LogP contribution in [0.15, 0.2) is 97.1 Å². The molecule has 0 spiro atoms. The van der Waals surface area contributed by atoms with Crippen molar-refractivity contribution in [2.45, 2.75) is 27.7 Å². The van der Waals surface area contributed by atoms with E-state index < -0.39 is 11.9 Å². The molecule has 4 N–H and O–H groups in total. The molecule has 0 heterocycles. The number of carboxylic acids is 1. The van der Waals surface area contributed by atoms with E-state index in [2.05, 4.69) is 5.32 Å². The van der Waals surface area contributed by atoms with E-state index in [4.69, 9.17) is 20.3 Å². The fourth-order valence-corrected chi connectivity index (χ4v) is 3.66. The van der Waals surface area contributed by atoms with Crippen molar-refractivity contribution in [1.82, 2.24) is 0 Å². The quantitative estimate of drug-likeness (QED) is 0.164. The van der Waals surface area contributed by atoms with Gasteiger partial charge in [0.05, 0.1) is 29.9 Å². The highest BCUT2D eigenvalue weighted by molar-refractivity contribution is 6.05. The number of aromatic carboxylic acids is 1. The first-order valence-corrected chi connectivity index (χ1v) is 13.5. The summed E-state index contributed by atoms with van der Waals surface area (Å²) in [5, 5.41) is 11.4. The van der Waals surface area contributed by atoms with Crippen molar-refractivity contribution in [3.05, 3.63) is 130 Å². The Hall–Kier alpha value is -5.44. The topological polar surface area (TPSA) is 145 Å². The van der Waals surface area contributed by atoms with Gasteiger partial charge in [0.1, 0.15) is 0 Å². The lowest BCUT2D eigenvalue weighted by Crippen LogP contribution is -2.14. The third-order valence-electron chi connectivity index (χ3n) is 5.79. The summed E-state index contributed by atoms with van der Waals surface area (Å²) in [7, 11) is 0. The lowest BCUT2D eigenvalue weighted by Gasteiger charge is -2.09. The van der Waals surface area contributed by atoms with Crippen molar-refractivity contribution in [1.29, 1.82) is 0 Å². The van der Waals surface area contributed by atoms with Crippen LogP contribution in [0.25, 0.3) is 0 Å². The van der Waals surface area contributed by atoms with Crippen LogP contribution in [0.5, 0.6) is 0 Å². The summed E-state index contributed by atoms with van der Waals surface area (Å²) in [6.45, 7) is 7.88. The van der Waals surface area contributed by atoms with E-state index in [1.165, 1.54) is 0 Å². The van der Waals surface area contributed by atoms with Gasteiger partial charge in [-0.15, -0.1) is 0 Å². The number of esters is 2. The van der Waals surface area contributed by atoms with Crippen LogP contribution in [0.1, 0.15) is 66.4 Å². The van der Waals surface area contributed by atoms with Gasteiger partial charge in [-0.1, -0.05) is 48.5 Å². The van der Waals surface area contributed by atoms with Crippen molar-refractivity contribution in [3.63, 3.8) is 0 Å². The van der Waals surface area contributed by atoms with E-state index in [-0.39, 0.29) is 11.9 Å². The summed E-state index contributed by atoms with van der Waals surface area (Å²) in [6.07, 6.45) is 0. The van der Waals surface area contributed by atoms with Gasteiger partial charge < -0.3 is 25.6 Å². The lowest BCUT2D eigenvalue weighted by atomic mass is 10.1. The highest BCUT2D eigenvalue weighted by atomic mass is 16.5. The van der Waals surface area contributed by atoms with E-state index in [1.807, 2.05) is 31.2 Å². The molecule has 0 saturated carbocycles. The second-order valence-corrected chi connectivity index (χ2v) is 9.04. The van der Waals surface area contributed by atoms with Crippen LogP contribution in [-0.2, 0) is 9.47 Å². The number of nitrogen functional groups attached to an aromatic ring is 1. The molecule has 224 valence electrons. The van der Waals surface area contributed by atoms with E-state index in [9.17, 15) is 19.2 Å². The Bertz CT molecular complexity index is 1550. The Kier molecular flexibility index (Phi) is 13.7. The van der Waals surface area contributed by atoms with Gasteiger partial charge in [-0.2, -0.15) is 0 Å². The number of hydrogen-bond acceptors (Lipinski definition) is 7. The van der Waals surface area contributed by atoms with Crippen molar-refractivity contribution in [2.75, 3.05) is 24.3 Å². The molecule has 9 nitrogen and oxygen atoms in total. The molecule has 0 radical (unpaired) electrons. The zero-order valence-electron chi connectivity index (χ0n) is 24.6. The van der Waals surface area contributed by atoms with Crippen LogP contribution in [0, 0.1) is 13.8 Å². The van der Waals surface area contributed by atoms with E-state index in [0.717, 1.165) is 11.1 Å². The number of amides is 1. The Balaban J connectivity index is 0.000000248. The molecule has 1 amide bonds. The number of anilines is 2. The average Bonchev–Trinajstić information content (AvgIpc) is 2.98. The summed E-state index contributed by atoms with van der Waals surface area (Å²) in [6, 6.07) is 27.7. The number of hydrogen-bond donors (Lipinski definition) is 3. The number of aryl methyl sites for hydroxylation is 2. The predicted molar refractivity (Wildman–Crippen MR) is 166 cm³/mol. The number of carboxylic acid groups (broad SMARTS) is 1. The van der Waals surface area contributed by atoms with Gasteiger partial charge in [0.2, 0.25) is 0 Å². The molecule has 4 aromatic carbocycles. The monoisotopic (exact) mass is 584 g/mol. The van der Waals surface area contributed by atoms with Crippen LogP contribution in [0.3, 0.4) is 0 Å². The zero-order chi connectivity index (χ0) is 31.8. The molecule has 0 bridgehead atoms. The minimum absolute atomic E-state index is 0.200. The molecule has 0 unspecified atom stereocenters. The molecule has 0 aliphatic carbocycles. The highest BCUT2D eigenvalue weighted by Gasteiger charge is 2.11. The third-order valence-corrected chi connectivity index (χ3v) is 5.79. The maximum absolute atomic E-state index is 12.2. The molecule has 0 fully saturated rings. The predicted octanol–water partition coefficient (Wildman–Crippen LogP) is 6.56. The molecule has 4 rings (SSSR count). The molecule has 0 aromatic heterocycles. The summed E-state index contributed by atoms with van der Waals surface area (Å²) in [4.78, 5) is 45.4. The number of benzene rings is 4. The maximum atomic E-state index is 12.2. The number of carbonyl (C=O) groups is 4. The van der Waals surface area contributed by atoms with Crippen LogP contribution in [0.4, 0.5) is 11.4 Å². The Morgan fingerprint density at radius 3 is 1.63 bits per heavy atom. The Morgan fingerprint density at radius 1 is 0.674 bits per heavy atom. The number of carbonyl (C=O) groups excluding carboxylic acids is 3. The van der Waals surface area contributed by atoms with E-state index in [0.29, 0.717) is 46.8 Å². The number of rotatable bonds is 7. The van der Waals surface area contributed by atoms with Gasteiger partial charge in [-0.05, 0) is 87.4 Å². The van der Waals surface area contributed by atoms with Crippen LogP contribution in [0.2, 0.25) is 0 Å². The van der Waals surface area contributed by atoms with Crippen LogP contribution < -0.4 is 11.1 Å². The normalized spacial score (nSPS) is 9.67.